The van der Waals surface area contributed by atoms with Gasteiger partial charge in [0.1, 0.15) is 11.2 Å². The maximum Gasteiger partial charge on any atom is 0.127 e. The highest BCUT2D eigenvalue weighted by molar-refractivity contribution is 7.21. The SMILES string of the molecule is c1ccc(Cn2cnc(-c3ccccc3)c2-c2cc3cncnc3s2)cc1. The van der Waals surface area contributed by atoms with Crippen molar-refractivity contribution in [3.05, 3.63) is 91.1 Å². The minimum absolute atomic E-state index is 0.774. The Balaban J connectivity index is 1.69. The highest BCUT2D eigenvalue weighted by Crippen LogP contribution is 2.37. The van der Waals surface area contributed by atoms with Gasteiger partial charge in [-0.3, -0.25) is 0 Å². The summed E-state index contributed by atoms with van der Waals surface area (Å²) in [5.41, 5.74) is 4.47. The molecule has 0 saturated heterocycles. The molecule has 27 heavy (non-hydrogen) atoms. The Hall–Kier alpha value is -3.31. The van der Waals surface area contributed by atoms with Gasteiger partial charge >= 0.3 is 0 Å². The van der Waals surface area contributed by atoms with Crippen LogP contribution >= 0.6 is 11.3 Å². The lowest BCUT2D eigenvalue weighted by Gasteiger charge is -2.09. The van der Waals surface area contributed by atoms with Gasteiger partial charge in [0.25, 0.3) is 0 Å². The highest BCUT2D eigenvalue weighted by atomic mass is 32.1. The van der Waals surface area contributed by atoms with E-state index in [0.717, 1.165) is 38.6 Å². The first-order chi connectivity index (χ1) is 13.4. The van der Waals surface area contributed by atoms with Gasteiger partial charge in [-0.15, -0.1) is 11.3 Å². The molecule has 5 heteroatoms. The van der Waals surface area contributed by atoms with Crippen molar-refractivity contribution in [3.63, 3.8) is 0 Å². The molecule has 5 aromatic rings. The first kappa shape index (κ1) is 15.9. The first-order valence-electron chi connectivity index (χ1n) is 8.73. The molecule has 5 rings (SSSR count). The van der Waals surface area contributed by atoms with Crippen molar-refractivity contribution in [3.8, 4) is 21.8 Å². The van der Waals surface area contributed by atoms with E-state index in [1.807, 2.05) is 36.8 Å². The van der Waals surface area contributed by atoms with Crippen molar-refractivity contribution >= 4 is 21.6 Å². The number of hydrogen-bond donors (Lipinski definition) is 0. The maximum atomic E-state index is 4.76. The predicted molar refractivity (Wildman–Crippen MR) is 110 cm³/mol. The molecule has 3 aromatic heterocycles. The van der Waals surface area contributed by atoms with Gasteiger partial charge in [0.2, 0.25) is 0 Å². The maximum absolute atomic E-state index is 4.76. The molecule has 0 aliphatic heterocycles. The number of benzene rings is 2. The van der Waals surface area contributed by atoms with E-state index < -0.39 is 0 Å². The Morgan fingerprint density at radius 1 is 0.889 bits per heavy atom. The summed E-state index contributed by atoms with van der Waals surface area (Å²) in [5, 5.41) is 1.06. The Morgan fingerprint density at radius 2 is 1.67 bits per heavy atom. The summed E-state index contributed by atoms with van der Waals surface area (Å²) in [7, 11) is 0. The van der Waals surface area contributed by atoms with E-state index in [1.54, 1.807) is 17.7 Å². The van der Waals surface area contributed by atoms with Crippen LogP contribution in [0.4, 0.5) is 0 Å². The lowest BCUT2D eigenvalue weighted by atomic mass is 10.1. The second-order valence-corrected chi connectivity index (χ2v) is 7.35. The van der Waals surface area contributed by atoms with E-state index in [9.17, 15) is 0 Å². The molecule has 130 valence electrons. The smallest absolute Gasteiger partial charge is 0.127 e. The summed E-state index contributed by atoms with van der Waals surface area (Å²) in [6.07, 6.45) is 5.39. The minimum atomic E-state index is 0.774. The van der Waals surface area contributed by atoms with Crippen molar-refractivity contribution in [1.82, 2.24) is 19.5 Å². The third-order valence-electron chi connectivity index (χ3n) is 4.51. The van der Waals surface area contributed by atoms with Crippen LogP contribution < -0.4 is 0 Å². The number of thiophene rings is 1. The Morgan fingerprint density at radius 3 is 2.44 bits per heavy atom. The van der Waals surface area contributed by atoms with E-state index in [0.29, 0.717) is 0 Å². The lowest BCUT2D eigenvalue weighted by molar-refractivity contribution is 0.806. The molecular formula is C22H16N4S. The summed E-state index contributed by atoms with van der Waals surface area (Å²) in [4.78, 5) is 15.5. The molecular weight excluding hydrogens is 352 g/mol. The molecule has 0 amide bonds. The first-order valence-corrected chi connectivity index (χ1v) is 9.54. The zero-order valence-electron chi connectivity index (χ0n) is 14.5. The molecule has 0 bridgehead atoms. The normalized spacial score (nSPS) is 11.1. The number of aromatic nitrogens is 4. The molecule has 0 unspecified atom stereocenters. The Kier molecular flexibility index (Phi) is 3.99. The van der Waals surface area contributed by atoms with E-state index in [-0.39, 0.29) is 0 Å². The van der Waals surface area contributed by atoms with Crippen LogP contribution in [0.15, 0.2) is 85.6 Å². The van der Waals surface area contributed by atoms with Gasteiger partial charge in [-0.2, -0.15) is 0 Å². The largest absolute Gasteiger partial charge is 0.325 e. The summed E-state index contributed by atoms with van der Waals surface area (Å²) >= 11 is 1.68. The summed E-state index contributed by atoms with van der Waals surface area (Å²) in [5.74, 6) is 0. The average Bonchev–Trinajstić information content (AvgIpc) is 3.33. The zero-order valence-corrected chi connectivity index (χ0v) is 15.3. The molecule has 0 spiro atoms. The van der Waals surface area contributed by atoms with Crippen LogP contribution in [0.3, 0.4) is 0 Å². The van der Waals surface area contributed by atoms with Crippen molar-refractivity contribution in [1.29, 1.82) is 0 Å². The fourth-order valence-electron chi connectivity index (χ4n) is 3.25. The van der Waals surface area contributed by atoms with Crippen LogP contribution in [-0.4, -0.2) is 19.5 Å². The van der Waals surface area contributed by atoms with E-state index >= 15 is 0 Å². The molecule has 0 N–H and O–H groups in total. The van der Waals surface area contributed by atoms with E-state index in [1.165, 1.54) is 5.56 Å². The molecule has 3 heterocycles. The third-order valence-corrected chi connectivity index (χ3v) is 5.58. The van der Waals surface area contributed by atoms with E-state index in [4.69, 9.17) is 4.98 Å². The number of imidazole rings is 1. The molecule has 0 fully saturated rings. The van der Waals surface area contributed by atoms with Crippen LogP contribution in [0, 0.1) is 0 Å². The molecule has 0 radical (unpaired) electrons. The summed E-state index contributed by atoms with van der Waals surface area (Å²) in [6.45, 7) is 0.774. The standard InChI is InChI=1S/C22H16N4S/c1-3-7-16(8-4-1)13-26-15-25-20(17-9-5-2-6-10-17)21(26)19-11-18-12-23-14-24-22(18)27-19/h1-12,14-15H,13H2. The molecule has 2 aromatic carbocycles. The van der Waals surface area contributed by atoms with Crippen LogP contribution in [-0.2, 0) is 6.54 Å². The van der Waals surface area contributed by atoms with Gasteiger partial charge in [0, 0.05) is 23.7 Å². The van der Waals surface area contributed by atoms with Gasteiger partial charge in [0.15, 0.2) is 0 Å². The van der Waals surface area contributed by atoms with Crippen LogP contribution in [0.2, 0.25) is 0 Å². The van der Waals surface area contributed by atoms with Crippen molar-refractivity contribution in [2.24, 2.45) is 0 Å². The fourth-order valence-corrected chi connectivity index (χ4v) is 4.29. The second-order valence-electron chi connectivity index (χ2n) is 6.32. The Labute approximate surface area is 160 Å². The van der Waals surface area contributed by atoms with Gasteiger partial charge in [-0.25, -0.2) is 15.0 Å². The van der Waals surface area contributed by atoms with Crippen molar-refractivity contribution in [2.45, 2.75) is 6.54 Å². The zero-order chi connectivity index (χ0) is 18.1. The number of hydrogen-bond acceptors (Lipinski definition) is 4. The molecule has 0 aliphatic rings. The molecule has 4 nitrogen and oxygen atoms in total. The monoisotopic (exact) mass is 368 g/mol. The van der Waals surface area contributed by atoms with Crippen LogP contribution in [0.1, 0.15) is 5.56 Å². The highest BCUT2D eigenvalue weighted by Gasteiger charge is 2.18. The van der Waals surface area contributed by atoms with Crippen molar-refractivity contribution < 1.29 is 0 Å². The van der Waals surface area contributed by atoms with Gasteiger partial charge < -0.3 is 4.57 Å². The van der Waals surface area contributed by atoms with Gasteiger partial charge in [-0.1, -0.05) is 60.7 Å². The quantitative estimate of drug-likeness (QED) is 0.434. The second kappa shape index (κ2) is 6.78. The average molecular weight is 368 g/mol. The fraction of sp³-hybridized carbons (Fsp3) is 0.0455. The van der Waals surface area contributed by atoms with Crippen molar-refractivity contribution in [2.75, 3.05) is 0 Å². The minimum Gasteiger partial charge on any atom is -0.325 e. The predicted octanol–water partition coefficient (Wildman–Crippen LogP) is 5.27. The summed E-state index contributed by atoms with van der Waals surface area (Å²) in [6, 6.07) is 22.9. The number of rotatable bonds is 4. The topological polar surface area (TPSA) is 43.6 Å². The molecule has 0 atom stereocenters. The number of fused-ring (bicyclic) bond motifs is 1. The molecule has 0 saturated carbocycles. The Bertz CT molecular complexity index is 1160. The van der Waals surface area contributed by atoms with Gasteiger partial charge in [-0.05, 0) is 11.6 Å². The lowest BCUT2D eigenvalue weighted by Crippen LogP contribution is -2.00. The molecule has 0 aliphatic carbocycles. The van der Waals surface area contributed by atoms with Gasteiger partial charge in [0.05, 0.1) is 22.6 Å². The van der Waals surface area contributed by atoms with E-state index in [2.05, 4.69) is 57.0 Å². The summed E-state index contributed by atoms with van der Waals surface area (Å²) < 4.78 is 2.22. The number of nitrogens with zero attached hydrogens (tertiary/aromatic N) is 4. The third kappa shape index (κ3) is 3.02. The van der Waals surface area contributed by atoms with Crippen LogP contribution in [0.25, 0.3) is 32.0 Å². The van der Waals surface area contributed by atoms with Crippen LogP contribution in [0.5, 0.6) is 0 Å².